The van der Waals surface area contributed by atoms with Gasteiger partial charge >= 0.3 is 5.97 Å². The monoisotopic (exact) mass is 259 g/mol. The van der Waals surface area contributed by atoms with Crippen LogP contribution < -0.4 is 5.73 Å². The van der Waals surface area contributed by atoms with Crippen molar-refractivity contribution in [3.8, 4) is 0 Å². The van der Waals surface area contributed by atoms with Crippen LogP contribution in [0.3, 0.4) is 0 Å². The zero-order valence-electron chi connectivity index (χ0n) is 12.3. The highest BCUT2D eigenvalue weighted by Crippen LogP contribution is 2.14. The van der Waals surface area contributed by atoms with E-state index in [0.717, 1.165) is 13.0 Å². The van der Waals surface area contributed by atoms with E-state index in [1.54, 1.807) is 13.8 Å². The molecule has 0 aliphatic heterocycles. The fourth-order valence-electron chi connectivity index (χ4n) is 1.85. The van der Waals surface area contributed by atoms with Crippen LogP contribution in [0.4, 0.5) is 0 Å². The number of esters is 1. The second kappa shape index (κ2) is 9.34. The largest absolute Gasteiger partial charge is 0.465 e. The molecule has 0 bridgehead atoms. The molecule has 0 aromatic carbocycles. The van der Waals surface area contributed by atoms with Gasteiger partial charge < -0.3 is 15.2 Å². The number of rotatable bonds is 10. The van der Waals surface area contributed by atoms with Crippen molar-refractivity contribution in [2.45, 2.75) is 71.4 Å². The molecule has 0 spiro atoms. The second-order valence-corrected chi connectivity index (χ2v) is 5.08. The molecule has 2 atom stereocenters. The predicted molar refractivity (Wildman–Crippen MR) is 73.4 cm³/mol. The third-order valence-electron chi connectivity index (χ3n) is 2.85. The van der Waals surface area contributed by atoms with Crippen molar-refractivity contribution in [1.29, 1.82) is 0 Å². The van der Waals surface area contributed by atoms with Crippen LogP contribution in [0.2, 0.25) is 0 Å². The van der Waals surface area contributed by atoms with Crippen LogP contribution in [-0.4, -0.2) is 30.8 Å². The van der Waals surface area contributed by atoms with Gasteiger partial charge in [0.05, 0.1) is 12.7 Å². The highest BCUT2D eigenvalue weighted by molar-refractivity contribution is 5.80. The molecule has 0 fully saturated rings. The van der Waals surface area contributed by atoms with E-state index in [1.807, 2.05) is 6.92 Å². The Balaban J connectivity index is 3.84. The van der Waals surface area contributed by atoms with Crippen LogP contribution >= 0.6 is 0 Å². The van der Waals surface area contributed by atoms with Gasteiger partial charge in [-0.3, -0.25) is 4.79 Å². The number of unbranched alkanes of at least 4 members (excludes halogenated alkanes) is 3. The molecule has 4 heteroatoms. The molecule has 0 heterocycles. The zero-order valence-corrected chi connectivity index (χ0v) is 12.3. The Bertz CT molecular complexity index is 229. The molecule has 0 radical (unpaired) electrons. The molecular formula is C14H29NO3. The molecule has 108 valence electrons. The van der Waals surface area contributed by atoms with Gasteiger partial charge in [0, 0.05) is 13.0 Å². The molecule has 0 aliphatic rings. The van der Waals surface area contributed by atoms with Crippen LogP contribution in [0, 0.1) is 0 Å². The number of carbonyl (C=O) groups excluding carboxylic acids is 1. The van der Waals surface area contributed by atoms with E-state index < -0.39 is 5.54 Å². The fourth-order valence-corrected chi connectivity index (χ4v) is 1.85. The summed E-state index contributed by atoms with van der Waals surface area (Å²) in [5.41, 5.74) is 4.99. The summed E-state index contributed by atoms with van der Waals surface area (Å²) >= 11 is 0. The highest BCUT2D eigenvalue weighted by Gasteiger charge is 2.31. The van der Waals surface area contributed by atoms with E-state index in [1.165, 1.54) is 19.3 Å². The Labute approximate surface area is 111 Å². The van der Waals surface area contributed by atoms with Gasteiger partial charge in [0.25, 0.3) is 0 Å². The smallest absolute Gasteiger partial charge is 0.325 e. The van der Waals surface area contributed by atoms with E-state index in [9.17, 15) is 4.79 Å². The van der Waals surface area contributed by atoms with Crippen molar-refractivity contribution in [2.24, 2.45) is 5.73 Å². The standard InChI is InChI=1S/C14H29NO3/c1-5-7-8-9-10-18-12(3)11-14(4,15)13(16)17-6-2/h12H,5-11,15H2,1-4H3. The Hall–Kier alpha value is -0.610. The first-order valence-corrected chi connectivity index (χ1v) is 7.01. The molecule has 0 saturated carbocycles. The van der Waals surface area contributed by atoms with E-state index >= 15 is 0 Å². The number of hydrogen-bond acceptors (Lipinski definition) is 4. The van der Waals surface area contributed by atoms with Gasteiger partial charge in [-0.25, -0.2) is 0 Å². The van der Waals surface area contributed by atoms with Crippen molar-refractivity contribution in [3.05, 3.63) is 0 Å². The molecule has 0 aromatic rings. The van der Waals surface area contributed by atoms with Crippen molar-refractivity contribution >= 4 is 5.97 Å². The van der Waals surface area contributed by atoms with Crippen LogP contribution in [-0.2, 0) is 14.3 Å². The summed E-state index contributed by atoms with van der Waals surface area (Å²) < 4.78 is 10.6. The maximum atomic E-state index is 11.6. The second-order valence-electron chi connectivity index (χ2n) is 5.08. The third kappa shape index (κ3) is 7.67. The Kier molecular flexibility index (Phi) is 9.02. The first-order chi connectivity index (χ1) is 8.44. The third-order valence-corrected chi connectivity index (χ3v) is 2.85. The zero-order chi connectivity index (χ0) is 14.0. The molecule has 0 rings (SSSR count). The lowest BCUT2D eigenvalue weighted by molar-refractivity contribution is -0.150. The molecule has 0 saturated heterocycles. The molecule has 0 aliphatic carbocycles. The van der Waals surface area contributed by atoms with Gasteiger partial charge in [-0.05, 0) is 27.2 Å². The molecule has 2 unspecified atom stereocenters. The Morgan fingerprint density at radius 2 is 1.94 bits per heavy atom. The molecule has 0 aromatic heterocycles. The average Bonchev–Trinajstić information content (AvgIpc) is 2.28. The van der Waals surface area contributed by atoms with E-state index in [4.69, 9.17) is 15.2 Å². The maximum absolute atomic E-state index is 11.6. The van der Waals surface area contributed by atoms with Gasteiger partial charge in [-0.2, -0.15) is 0 Å². The Morgan fingerprint density at radius 1 is 1.28 bits per heavy atom. The lowest BCUT2D eigenvalue weighted by Crippen LogP contribution is -2.48. The van der Waals surface area contributed by atoms with Gasteiger partial charge in [0.15, 0.2) is 0 Å². The fraction of sp³-hybridized carbons (Fsp3) is 0.929. The van der Waals surface area contributed by atoms with Gasteiger partial charge in [0.2, 0.25) is 0 Å². The molecular weight excluding hydrogens is 230 g/mol. The molecule has 4 nitrogen and oxygen atoms in total. The van der Waals surface area contributed by atoms with Crippen LogP contribution in [0.5, 0.6) is 0 Å². The molecule has 0 amide bonds. The van der Waals surface area contributed by atoms with E-state index in [0.29, 0.717) is 13.0 Å². The lowest BCUT2D eigenvalue weighted by Gasteiger charge is -2.25. The van der Waals surface area contributed by atoms with E-state index in [2.05, 4.69) is 6.92 Å². The first kappa shape index (κ1) is 17.4. The summed E-state index contributed by atoms with van der Waals surface area (Å²) in [5, 5.41) is 0. The number of ether oxygens (including phenoxy) is 2. The summed E-state index contributed by atoms with van der Waals surface area (Å²) in [6, 6.07) is 0. The number of carbonyl (C=O) groups is 1. The minimum Gasteiger partial charge on any atom is -0.465 e. The topological polar surface area (TPSA) is 61.5 Å². The summed E-state index contributed by atoms with van der Waals surface area (Å²) in [5.74, 6) is -0.355. The lowest BCUT2D eigenvalue weighted by atomic mass is 9.96. The van der Waals surface area contributed by atoms with Crippen LogP contribution in [0.15, 0.2) is 0 Å². The Morgan fingerprint density at radius 3 is 2.50 bits per heavy atom. The van der Waals surface area contributed by atoms with Crippen molar-refractivity contribution < 1.29 is 14.3 Å². The normalized spacial score (nSPS) is 16.1. The van der Waals surface area contributed by atoms with Crippen molar-refractivity contribution in [3.63, 3.8) is 0 Å². The summed E-state index contributed by atoms with van der Waals surface area (Å²) in [4.78, 5) is 11.6. The van der Waals surface area contributed by atoms with Gasteiger partial charge in [-0.1, -0.05) is 26.2 Å². The van der Waals surface area contributed by atoms with Crippen molar-refractivity contribution in [1.82, 2.24) is 0 Å². The predicted octanol–water partition coefficient (Wildman–Crippen LogP) is 2.64. The average molecular weight is 259 g/mol. The summed E-state index contributed by atoms with van der Waals surface area (Å²) in [7, 11) is 0. The van der Waals surface area contributed by atoms with Gasteiger partial charge in [-0.15, -0.1) is 0 Å². The molecule has 2 N–H and O–H groups in total. The van der Waals surface area contributed by atoms with Crippen molar-refractivity contribution in [2.75, 3.05) is 13.2 Å². The van der Waals surface area contributed by atoms with Crippen LogP contribution in [0.25, 0.3) is 0 Å². The molecule has 18 heavy (non-hydrogen) atoms. The highest BCUT2D eigenvalue weighted by atomic mass is 16.5. The quantitative estimate of drug-likeness (QED) is 0.484. The minimum absolute atomic E-state index is 0.0222. The summed E-state index contributed by atoms with van der Waals surface area (Å²) in [6.45, 7) is 8.70. The number of hydrogen-bond donors (Lipinski definition) is 1. The number of nitrogens with two attached hydrogens (primary N) is 1. The maximum Gasteiger partial charge on any atom is 0.325 e. The first-order valence-electron chi connectivity index (χ1n) is 7.01. The van der Waals surface area contributed by atoms with Gasteiger partial charge in [0.1, 0.15) is 5.54 Å². The van der Waals surface area contributed by atoms with Crippen LogP contribution in [0.1, 0.15) is 59.8 Å². The summed E-state index contributed by atoms with van der Waals surface area (Å²) in [6.07, 6.45) is 5.19. The van der Waals surface area contributed by atoms with E-state index in [-0.39, 0.29) is 12.1 Å². The SMILES string of the molecule is CCCCCCOC(C)CC(C)(N)C(=O)OCC. The minimum atomic E-state index is -0.959.